The molecule has 0 aliphatic rings. The second-order valence-electron chi connectivity index (χ2n) is 4.70. The van der Waals surface area contributed by atoms with Crippen molar-refractivity contribution in [1.82, 2.24) is 0 Å². The Morgan fingerprint density at radius 3 is 2.43 bits per heavy atom. The quantitative estimate of drug-likeness (QED) is 0.603. The minimum absolute atomic E-state index is 0.0469. The fourth-order valence-electron chi connectivity index (χ4n) is 1.96. The highest BCUT2D eigenvalue weighted by molar-refractivity contribution is 5.78. The Labute approximate surface area is 122 Å². The lowest BCUT2D eigenvalue weighted by Crippen LogP contribution is -2.01. The van der Waals surface area contributed by atoms with Crippen LogP contribution in [0, 0.1) is 10.1 Å². The van der Waals surface area contributed by atoms with Crippen LogP contribution in [-0.2, 0) is 17.8 Å². The predicted molar refractivity (Wildman–Crippen MR) is 78.3 cm³/mol. The molecule has 0 atom stereocenters. The third-order valence-electron chi connectivity index (χ3n) is 2.96. The van der Waals surface area contributed by atoms with Crippen molar-refractivity contribution in [3.63, 3.8) is 0 Å². The molecule has 5 nitrogen and oxygen atoms in total. The molecule has 0 fully saturated rings. The van der Waals surface area contributed by atoms with E-state index in [-0.39, 0.29) is 18.1 Å². The number of para-hydroxylation sites is 1. The summed E-state index contributed by atoms with van der Waals surface area (Å²) in [7, 11) is 0. The van der Waals surface area contributed by atoms with Crippen LogP contribution in [0.3, 0.4) is 0 Å². The van der Waals surface area contributed by atoms with Crippen LogP contribution in [0.4, 0.5) is 5.69 Å². The molecule has 0 spiro atoms. The van der Waals surface area contributed by atoms with E-state index in [0.717, 1.165) is 5.56 Å². The lowest BCUT2D eigenvalue weighted by atomic mass is 10.1. The van der Waals surface area contributed by atoms with E-state index in [0.29, 0.717) is 17.7 Å². The van der Waals surface area contributed by atoms with Crippen LogP contribution in [0.25, 0.3) is 0 Å². The molecule has 0 radical (unpaired) electrons. The molecule has 0 saturated carbocycles. The van der Waals surface area contributed by atoms with Crippen LogP contribution in [0.1, 0.15) is 18.1 Å². The number of hydrogen-bond donors (Lipinski definition) is 0. The van der Waals surface area contributed by atoms with Crippen LogP contribution < -0.4 is 4.74 Å². The van der Waals surface area contributed by atoms with E-state index < -0.39 is 4.92 Å². The number of nitrogens with zero attached hydrogens (tertiary/aromatic N) is 1. The Kier molecular flexibility index (Phi) is 4.66. The lowest BCUT2D eigenvalue weighted by Gasteiger charge is -2.07. The smallest absolute Gasteiger partial charge is 0.276 e. The van der Waals surface area contributed by atoms with Gasteiger partial charge in [-0.2, -0.15) is 0 Å². The van der Waals surface area contributed by atoms with Gasteiger partial charge in [-0.15, -0.1) is 0 Å². The zero-order chi connectivity index (χ0) is 15.2. The monoisotopic (exact) mass is 285 g/mol. The van der Waals surface area contributed by atoms with Crippen molar-refractivity contribution >= 4 is 11.5 Å². The van der Waals surface area contributed by atoms with Crippen molar-refractivity contribution in [3.05, 3.63) is 69.8 Å². The summed E-state index contributed by atoms with van der Waals surface area (Å²) in [6, 6.07) is 13.6. The summed E-state index contributed by atoms with van der Waals surface area (Å²) >= 11 is 0. The maximum atomic E-state index is 11.0. The summed E-state index contributed by atoms with van der Waals surface area (Å²) in [5, 5.41) is 10.9. The van der Waals surface area contributed by atoms with E-state index in [9.17, 15) is 14.9 Å². The van der Waals surface area contributed by atoms with Gasteiger partial charge in [0.1, 0.15) is 18.1 Å². The molecule has 5 heteroatoms. The summed E-state index contributed by atoms with van der Waals surface area (Å²) in [6.07, 6.45) is 0.393. The van der Waals surface area contributed by atoms with Crippen LogP contribution in [-0.4, -0.2) is 10.7 Å². The predicted octanol–water partition coefficient (Wildman–Crippen LogP) is 3.31. The molecule has 2 rings (SSSR count). The molecule has 0 saturated heterocycles. The number of nitro benzene ring substituents is 1. The first-order valence-electron chi connectivity index (χ1n) is 6.50. The molecule has 2 aromatic rings. The number of nitro groups is 1. The highest BCUT2D eigenvalue weighted by Gasteiger charge is 2.12. The van der Waals surface area contributed by atoms with Gasteiger partial charge in [-0.25, -0.2) is 0 Å². The molecule has 0 aromatic heterocycles. The van der Waals surface area contributed by atoms with Gasteiger partial charge >= 0.3 is 0 Å². The number of carbonyl (C=O) groups excluding carboxylic acids is 1. The van der Waals surface area contributed by atoms with E-state index >= 15 is 0 Å². The minimum Gasteiger partial charge on any atom is -0.489 e. The van der Waals surface area contributed by atoms with Crippen LogP contribution >= 0.6 is 0 Å². The molecule has 0 N–H and O–H groups in total. The number of rotatable bonds is 6. The molecule has 0 aliphatic carbocycles. The van der Waals surface area contributed by atoms with Crippen molar-refractivity contribution in [1.29, 1.82) is 0 Å². The molecule has 0 unspecified atom stereocenters. The Bertz CT molecular complexity index is 650. The van der Waals surface area contributed by atoms with E-state index in [2.05, 4.69) is 0 Å². The Balaban J connectivity index is 2.03. The fraction of sp³-hybridized carbons (Fsp3) is 0.188. The van der Waals surface area contributed by atoms with Crippen LogP contribution in [0.15, 0.2) is 48.5 Å². The molecule has 0 amide bonds. The van der Waals surface area contributed by atoms with Gasteiger partial charge in [0.15, 0.2) is 0 Å². The van der Waals surface area contributed by atoms with Gasteiger partial charge in [0.05, 0.1) is 10.5 Å². The fourth-order valence-corrected chi connectivity index (χ4v) is 1.96. The molecule has 0 heterocycles. The van der Waals surface area contributed by atoms with Crippen LogP contribution in [0.5, 0.6) is 5.75 Å². The number of ether oxygens (including phenoxy) is 1. The standard InChI is InChI=1S/C16H15NO4/c1-12(18)10-13-6-8-15(9-7-13)21-11-14-4-2-3-5-16(14)17(19)20/h2-9H,10-11H2,1H3. The number of Topliss-reactive ketones (excluding diaryl/α,β-unsaturated/α-hetero) is 1. The van der Waals surface area contributed by atoms with Crippen molar-refractivity contribution < 1.29 is 14.5 Å². The van der Waals surface area contributed by atoms with E-state index in [1.54, 1.807) is 37.3 Å². The number of hydrogen-bond acceptors (Lipinski definition) is 4. The molecule has 108 valence electrons. The zero-order valence-electron chi connectivity index (χ0n) is 11.6. The largest absolute Gasteiger partial charge is 0.489 e. The second-order valence-corrected chi connectivity index (χ2v) is 4.70. The Hall–Kier alpha value is -2.69. The number of ketones is 1. The first kappa shape index (κ1) is 14.7. The molecule has 21 heavy (non-hydrogen) atoms. The highest BCUT2D eigenvalue weighted by Crippen LogP contribution is 2.20. The van der Waals surface area contributed by atoms with Gasteiger partial charge in [-0.05, 0) is 30.7 Å². The summed E-state index contributed by atoms with van der Waals surface area (Å²) in [5.74, 6) is 0.712. The van der Waals surface area contributed by atoms with E-state index in [4.69, 9.17) is 4.74 Å². The van der Waals surface area contributed by atoms with Gasteiger partial charge < -0.3 is 4.74 Å². The maximum absolute atomic E-state index is 11.0. The first-order valence-corrected chi connectivity index (χ1v) is 6.50. The maximum Gasteiger partial charge on any atom is 0.276 e. The molecule has 0 bridgehead atoms. The summed E-state index contributed by atoms with van der Waals surface area (Å²) < 4.78 is 5.55. The third kappa shape index (κ3) is 4.14. The van der Waals surface area contributed by atoms with Crippen molar-refractivity contribution in [2.45, 2.75) is 20.0 Å². The topological polar surface area (TPSA) is 69.4 Å². The molecule has 0 aliphatic heterocycles. The van der Waals surface area contributed by atoms with E-state index in [1.165, 1.54) is 6.07 Å². The SMILES string of the molecule is CC(=O)Cc1ccc(OCc2ccccc2[N+](=O)[O-])cc1. The lowest BCUT2D eigenvalue weighted by molar-refractivity contribution is -0.385. The van der Waals surface area contributed by atoms with E-state index in [1.807, 2.05) is 12.1 Å². The zero-order valence-corrected chi connectivity index (χ0v) is 11.6. The van der Waals surface area contributed by atoms with Crippen molar-refractivity contribution in [3.8, 4) is 5.75 Å². The van der Waals surface area contributed by atoms with Gasteiger partial charge in [0, 0.05) is 12.5 Å². The van der Waals surface area contributed by atoms with Crippen LogP contribution in [0.2, 0.25) is 0 Å². The van der Waals surface area contributed by atoms with Gasteiger partial charge in [0.2, 0.25) is 0 Å². The minimum atomic E-state index is -0.422. The third-order valence-corrected chi connectivity index (χ3v) is 2.96. The second kappa shape index (κ2) is 6.65. The number of benzene rings is 2. The molecular weight excluding hydrogens is 270 g/mol. The molecule has 2 aromatic carbocycles. The Morgan fingerprint density at radius 1 is 1.14 bits per heavy atom. The first-order chi connectivity index (χ1) is 10.1. The summed E-state index contributed by atoms with van der Waals surface area (Å²) in [5.41, 5.74) is 1.49. The summed E-state index contributed by atoms with van der Waals surface area (Å²) in [4.78, 5) is 21.5. The van der Waals surface area contributed by atoms with Gasteiger partial charge in [0.25, 0.3) is 5.69 Å². The average Bonchev–Trinajstić information content (AvgIpc) is 2.46. The van der Waals surface area contributed by atoms with Crippen molar-refractivity contribution in [2.75, 3.05) is 0 Å². The highest BCUT2D eigenvalue weighted by atomic mass is 16.6. The summed E-state index contributed by atoms with van der Waals surface area (Å²) in [6.45, 7) is 1.67. The van der Waals surface area contributed by atoms with Gasteiger partial charge in [-0.3, -0.25) is 14.9 Å². The average molecular weight is 285 g/mol. The van der Waals surface area contributed by atoms with Crippen molar-refractivity contribution in [2.24, 2.45) is 0 Å². The normalized spacial score (nSPS) is 10.1. The van der Waals surface area contributed by atoms with Gasteiger partial charge in [-0.1, -0.05) is 24.3 Å². The Morgan fingerprint density at radius 2 is 1.81 bits per heavy atom. The number of carbonyl (C=O) groups is 1. The molecular formula is C16H15NO4.